The number of hydrogen-bond donors (Lipinski definition) is 1. The molecule has 0 fully saturated rings. The number of benzene rings is 1. The largest absolute Gasteiger partial charge is 0.414 e. The van der Waals surface area contributed by atoms with Crippen molar-refractivity contribution in [3.8, 4) is 0 Å². The maximum atomic E-state index is 6.03. The summed E-state index contributed by atoms with van der Waals surface area (Å²) >= 11 is 1.54. The van der Waals surface area contributed by atoms with Gasteiger partial charge in [0.1, 0.15) is 0 Å². The number of nitrogens with zero attached hydrogens (tertiary/aromatic N) is 2. The van der Waals surface area contributed by atoms with Crippen LogP contribution in [0.4, 0.5) is 0 Å². The Labute approximate surface area is 124 Å². The van der Waals surface area contributed by atoms with Crippen LogP contribution in [0.1, 0.15) is 43.3 Å². The quantitative estimate of drug-likeness (QED) is 0.822. The van der Waals surface area contributed by atoms with Gasteiger partial charge in [0.25, 0.3) is 5.22 Å². The highest BCUT2D eigenvalue weighted by molar-refractivity contribution is 7.98. The summed E-state index contributed by atoms with van der Waals surface area (Å²) in [6, 6.07) is 8.24. The van der Waals surface area contributed by atoms with Crippen LogP contribution in [-0.4, -0.2) is 10.2 Å². The number of hydrogen-bond acceptors (Lipinski definition) is 5. The third kappa shape index (κ3) is 4.35. The Bertz CT molecular complexity index is 554. The minimum Gasteiger partial charge on any atom is -0.414 e. The van der Waals surface area contributed by atoms with Crippen molar-refractivity contribution in [3.63, 3.8) is 0 Å². The second-order valence-electron chi connectivity index (χ2n) is 5.42. The highest BCUT2D eigenvalue weighted by Crippen LogP contribution is 2.25. The Morgan fingerprint density at radius 2 is 2.10 bits per heavy atom. The van der Waals surface area contributed by atoms with Crippen LogP contribution in [0.15, 0.2) is 33.9 Å². The van der Waals surface area contributed by atoms with Gasteiger partial charge in [-0.3, -0.25) is 0 Å². The smallest absolute Gasteiger partial charge is 0.276 e. The van der Waals surface area contributed by atoms with Crippen LogP contribution < -0.4 is 5.73 Å². The first kappa shape index (κ1) is 15.1. The summed E-state index contributed by atoms with van der Waals surface area (Å²) in [5.41, 5.74) is 8.54. The Morgan fingerprint density at radius 1 is 1.30 bits per heavy atom. The predicted octanol–water partition coefficient (Wildman–Crippen LogP) is 3.72. The SMILES string of the molecule is Cc1cccc(CSc2nnc(C(N)CC(C)C)o2)c1. The average Bonchev–Trinajstić information content (AvgIpc) is 2.84. The summed E-state index contributed by atoms with van der Waals surface area (Å²) in [5, 5.41) is 8.67. The molecule has 0 saturated carbocycles. The molecule has 1 unspecified atom stereocenters. The van der Waals surface area contributed by atoms with Crippen LogP contribution in [-0.2, 0) is 5.75 Å². The number of thioether (sulfide) groups is 1. The molecule has 4 nitrogen and oxygen atoms in total. The van der Waals surface area contributed by atoms with E-state index in [9.17, 15) is 0 Å². The maximum absolute atomic E-state index is 6.03. The number of nitrogens with two attached hydrogens (primary N) is 1. The molecule has 1 heterocycles. The molecule has 2 rings (SSSR count). The summed E-state index contributed by atoms with van der Waals surface area (Å²) in [7, 11) is 0. The zero-order valence-electron chi connectivity index (χ0n) is 12.2. The average molecular weight is 291 g/mol. The minimum absolute atomic E-state index is 0.171. The second-order valence-corrected chi connectivity index (χ2v) is 6.35. The maximum Gasteiger partial charge on any atom is 0.276 e. The first-order chi connectivity index (χ1) is 9.54. The lowest BCUT2D eigenvalue weighted by molar-refractivity contribution is 0.361. The van der Waals surface area contributed by atoms with Gasteiger partial charge in [-0.25, -0.2) is 0 Å². The van der Waals surface area contributed by atoms with E-state index in [0.717, 1.165) is 12.2 Å². The summed E-state index contributed by atoms with van der Waals surface area (Å²) in [5.74, 6) is 1.87. The van der Waals surface area contributed by atoms with Gasteiger partial charge in [0, 0.05) is 5.75 Å². The van der Waals surface area contributed by atoms with Crippen molar-refractivity contribution < 1.29 is 4.42 Å². The fraction of sp³-hybridized carbons (Fsp3) is 0.467. The molecule has 0 radical (unpaired) electrons. The summed E-state index contributed by atoms with van der Waals surface area (Å²) in [4.78, 5) is 0. The molecule has 20 heavy (non-hydrogen) atoms. The number of rotatable bonds is 6. The molecule has 1 aromatic carbocycles. The molecule has 0 amide bonds. The van der Waals surface area contributed by atoms with E-state index in [4.69, 9.17) is 10.2 Å². The van der Waals surface area contributed by atoms with Crippen molar-refractivity contribution in [2.24, 2.45) is 11.7 Å². The van der Waals surface area contributed by atoms with Crippen LogP contribution in [0, 0.1) is 12.8 Å². The van der Waals surface area contributed by atoms with Gasteiger partial charge in [-0.1, -0.05) is 55.4 Å². The monoisotopic (exact) mass is 291 g/mol. The summed E-state index contributed by atoms with van der Waals surface area (Å²) in [6.07, 6.45) is 0.851. The lowest BCUT2D eigenvalue weighted by Gasteiger charge is -2.08. The van der Waals surface area contributed by atoms with E-state index in [1.54, 1.807) is 11.8 Å². The third-order valence-electron chi connectivity index (χ3n) is 2.91. The molecule has 0 aliphatic rings. The van der Waals surface area contributed by atoms with E-state index in [0.29, 0.717) is 17.0 Å². The molecule has 5 heteroatoms. The molecular weight excluding hydrogens is 270 g/mol. The first-order valence-corrected chi connectivity index (χ1v) is 7.80. The van der Waals surface area contributed by atoms with Crippen molar-refractivity contribution >= 4 is 11.8 Å². The van der Waals surface area contributed by atoms with Crippen molar-refractivity contribution in [3.05, 3.63) is 41.3 Å². The number of aromatic nitrogens is 2. The van der Waals surface area contributed by atoms with Gasteiger partial charge in [-0.05, 0) is 24.8 Å². The van der Waals surface area contributed by atoms with Crippen LogP contribution in [0.3, 0.4) is 0 Å². The van der Waals surface area contributed by atoms with Crippen LogP contribution in [0.25, 0.3) is 0 Å². The van der Waals surface area contributed by atoms with E-state index >= 15 is 0 Å². The Morgan fingerprint density at radius 3 is 2.80 bits per heavy atom. The molecule has 108 valence electrons. The fourth-order valence-corrected chi connectivity index (χ4v) is 2.70. The molecular formula is C15H21N3OS. The predicted molar refractivity (Wildman–Crippen MR) is 81.4 cm³/mol. The highest BCUT2D eigenvalue weighted by atomic mass is 32.2. The van der Waals surface area contributed by atoms with Crippen LogP contribution in [0.2, 0.25) is 0 Å². The van der Waals surface area contributed by atoms with Crippen molar-refractivity contribution in [2.45, 2.75) is 44.2 Å². The van der Waals surface area contributed by atoms with Crippen molar-refractivity contribution in [1.29, 1.82) is 0 Å². The van der Waals surface area contributed by atoms with E-state index in [1.165, 1.54) is 11.1 Å². The van der Waals surface area contributed by atoms with Gasteiger partial charge < -0.3 is 10.2 Å². The Kier molecular flexibility index (Phi) is 5.20. The van der Waals surface area contributed by atoms with E-state index < -0.39 is 0 Å². The topological polar surface area (TPSA) is 64.9 Å². The fourth-order valence-electron chi connectivity index (χ4n) is 1.98. The van der Waals surface area contributed by atoms with Crippen molar-refractivity contribution in [1.82, 2.24) is 10.2 Å². The van der Waals surface area contributed by atoms with Gasteiger partial charge in [0.15, 0.2) is 0 Å². The standard InChI is InChI=1S/C15H21N3OS/c1-10(2)7-13(16)14-17-18-15(19-14)20-9-12-6-4-5-11(3)8-12/h4-6,8,10,13H,7,9,16H2,1-3H3. The van der Waals surface area contributed by atoms with Gasteiger partial charge in [0.05, 0.1) is 6.04 Å². The Hall–Kier alpha value is -1.33. The molecule has 0 saturated heterocycles. The molecule has 0 aliphatic heterocycles. The van der Waals surface area contributed by atoms with E-state index in [2.05, 4.69) is 55.2 Å². The highest BCUT2D eigenvalue weighted by Gasteiger charge is 2.16. The summed E-state index contributed by atoms with van der Waals surface area (Å²) in [6.45, 7) is 6.34. The summed E-state index contributed by atoms with van der Waals surface area (Å²) < 4.78 is 5.61. The third-order valence-corrected chi connectivity index (χ3v) is 3.80. The molecule has 2 aromatic rings. The second kappa shape index (κ2) is 6.90. The van der Waals surface area contributed by atoms with Gasteiger partial charge in [-0.2, -0.15) is 0 Å². The first-order valence-electron chi connectivity index (χ1n) is 6.82. The van der Waals surface area contributed by atoms with Crippen LogP contribution in [0.5, 0.6) is 0 Å². The zero-order valence-corrected chi connectivity index (χ0v) is 13.0. The minimum atomic E-state index is -0.171. The van der Waals surface area contributed by atoms with Gasteiger partial charge in [-0.15, -0.1) is 10.2 Å². The zero-order chi connectivity index (χ0) is 14.5. The normalized spacial score (nSPS) is 12.8. The van der Waals surface area contributed by atoms with Crippen molar-refractivity contribution in [2.75, 3.05) is 0 Å². The Balaban J connectivity index is 1.93. The number of aryl methyl sites for hydroxylation is 1. The molecule has 0 bridgehead atoms. The molecule has 0 aliphatic carbocycles. The molecule has 2 N–H and O–H groups in total. The van der Waals surface area contributed by atoms with E-state index in [-0.39, 0.29) is 6.04 Å². The van der Waals surface area contributed by atoms with Crippen LogP contribution >= 0.6 is 11.8 Å². The lowest BCUT2D eigenvalue weighted by Crippen LogP contribution is -2.13. The van der Waals surface area contributed by atoms with Gasteiger partial charge in [0.2, 0.25) is 5.89 Å². The molecule has 1 aromatic heterocycles. The molecule has 1 atom stereocenters. The van der Waals surface area contributed by atoms with E-state index in [1.807, 2.05) is 0 Å². The lowest BCUT2D eigenvalue weighted by atomic mass is 10.1. The van der Waals surface area contributed by atoms with Gasteiger partial charge >= 0.3 is 0 Å². The molecule has 0 spiro atoms.